The van der Waals surface area contributed by atoms with Gasteiger partial charge in [0.2, 0.25) is 5.91 Å². The fourth-order valence-corrected chi connectivity index (χ4v) is 2.18. The third-order valence-electron chi connectivity index (χ3n) is 2.37. The van der Waals surface area contributed by atoms with Gasteiger partial charge in [-0.2, -0.15) is 11.8 Å². The van der Waals surface area contributed by atoms with E-state index >= 15 is 0 Å². The highest BCUT2D eigenvalue weighted by Gasteiger charge is 2.05. The summed E-state index contributed by atoms with van der Waals surface area (Å²) < 4.78 is 4.51. The fraction of sp³-hybridized carbons (Fsp3) is 0.385. The Morgan fingerprint density at radius 3 is 2.79 bits per heavy atom. The monoisotopic (exact) mass is 301 g/mol. The lowest BCUT2D eigenvalue weighted by Crippen LogP contribution is -2.14. The van der Waals surface area contributed by atoms with Gasteiger partial charge >= 0.3 is 5.97 Å². The van der Waals surface area contributed by atoms with Crippen molar-refractivity contribution >= 4 is 40.9 Å². The van der Waals surface area contributed by atoms with Crippen molar-refractivity contribution in [3.05, 3.63) is 28.8 Å². The van der Waals surface area contributed by atoms with E-state index in [0.717, 1.165) is 5.56 Å². The number of hydrogen-bond acceptors (Lipinski definition) is 4. The minimum absolute atomic E-state index is 0.116. The van der Waals surface area contributed by atoms with Crippen LogP contribution >= 0.6 is 23.4 Å². The standard InChI is InChI=1S/C13H16ClNO3S/c1-9-3-4-10(7-11(9)14)15-12(16)8-19-6-5-13(17)18-2/h3-4,7H,5-6,8H2,1-2H3,(H,15,16). The lowest BCUT2D eigenvalue weighted by atomic mass is 10.2. The summed E-state index contributed by atoms with van der Waals surface area (Å²) in [6.07, 6.45) is 0.310. The lowest BCUT2D eigenvalue weighted by Gasteiger charge is -2.06. The van der Waals surface area contributed by atoms with E-state index in [4.69, 9.17) is 11.6 Å². The van der Waals surface area contributed by atoms with Crippen LogP contribution in [0.4, 0.5) is 5.69 Å². The van der Waals surface area contributed by atoms with Gasteiger partial charge in [0.05, 0.1) is 19.3 Å². The number of ether oxygens (including phenoxy) is 1. The van der Waals surface area contributed by atoms with Gasteiger partial charge in [-0.25, -0.2) is 0 Å². The number of esters is 1. The van der Waals surface area contributed by atoms with Crippen LogP contribution in [0, 0.1) is 6.92 Å². The summed E-state index contributed by atoms with van der Waals surface area (Å²) >= 11 is 7.35. The second-order valence-electron chi connectivity index (χ2n) is 3.89. The molecule has 0 aliphatic heterocycles. The largest absolute Gasteiger partial charge is 0.469 e. The number of halogens is 1. The van der Waals surface area contributed by atoms with Crippen LogP contribution in [0.5, 0.6) is 0 Å². The zero-order valence-electron chi connectivity index (χ0n) is 10.9. The average molecular weight is 302 g/mol. The van der Waals surface area contributed by atoms with Gasteiger partial charge in [0.1, 0.15) is 0 Å². The molecule has 0 heterocycles. The van der Waals surface area contributed by atoms with Crippen LogP contribution in [0.15, 0.2) is 18.2 Å². The summed E-state index contributed by atoms with van der Waals surface area (Å²) in [4.78, 5) is 22.5. The number of amides is 1. The first-order valence-electron chi connectivity index (χ1n) is 5.73. The summed E-state index contributed by atoms with van der Waals surface area (Å²) in [5.41, 5.74) is 1.64. The Morgan fingerprint density at radius 2 is 2.16 bits per heavy atom. The Hall–Kier alpha value is -1.20. The second-order valence-corrected chi connectivity index (χ2v) is 5.40. The molecule has 0 bridgehead atoms. The summed E-state index contributed by atoms with van der Waals surface area (Å²) in [5.74, 6) is 0.477. The Labute approximate surface area is 121 Å². The molecule has 0 aliphatic rings. The highest BCUT2D eigenvalue weighted by Crippen LogP contribution is 2.20. The maximum absolute atomic E-state index is 11.6. The number of carbonyl (C=O) groups excluding carboxylic acids is 2. The van der Waals surface area contributed by atoms with Crippen molar-refractivity contribution in [3.63, 3.8) is 0 Å². The van der Waals surface area contributed by atoms with Crippen molar-refractivity contribution in [3.8, 4) is 0 Å². The van der Waals surface area contributed by atoms with E-state index in [2.05, 4.69) is 10.1 Å². The molecule has 0 fully saturated rings. The second kappa shape index (κ2) is 8.07. The molecule has 4 nitrogen and oxygen atoms in total. The Balaban J connectivity index is 2.31. The topological polar surface area (TPSA) is 55.4 Å². The number of methoxy groups -OCH3 is 1. The van der Waals surface area contributed by atoms with Gasteiger partial charge in [-0.15, -0.1) is 0 Å². The molecule has 1 rings (SSSR count). The van der Waals surface area contributed by atoms with Crippen LogP contribution in [-0.4, -0.2) is 30.5 Å². The third kappa shape index (κ3) is 5.98. The zero-order chi connectivity index (χ0) is 14.3. The van der Waals surface area contributed by atoms with Crippen LogP contribution in [0.1, 0.15) is 12.0 Å². The SMILES string of the molecule is COC(=O)CCSCC(=O)Nc1ccc(C)c(Cl)c1. The van der Waals surface area contributed by atoms with Crippen molar-refractivity contribution in [1.82, 2.24) is 0 Å². The number of rotatable bonds is 6. The first-order valence-corrected chi connectivity index (χ1v) is 7.26. The number of benzene rings is 1. The summed E-state index contributed by atoms with van der Waals surface area (Å²) in [7, 11) is 1.35. The molecular weight excluding hydrogens is 286 g/mol. The predicted molar refractivity (Wildman–Crippen MR) is 78.8 cm³/mol. The molecule has 0 saturated heterocycles. The van der Waals surface area contributed by atoms with E-state index in [1.54, 1.807) is 12.1 Å². The smallest absolute Gasteiger partial charge is 0.306 e. The molecule has 6 heteroatoms. The van der Waals surface area contributed by atoms with Gasteiger partial charge in [-0.1, -0.05) is 17.7 Å². The number of nitrogens with one attached hydrogen (secondary N) is 1. The molecular formula is C13H16ClNO3S. The van der Waals surface area contributed by atoms with Crippen LogP contribution in [-0.2, 0) is 14.3 Å². The van der Waals surface area contributed by atoms with Crippen molar-refractivity contribution in [2.75, 3.05) is 23.9 Å². The highest BCUT2D eigenvalue weighted by molar-refractivity contribution is 7.99. The highest BCUT2D eigenvalue weighted by atomic mass is 35.5. The summed E-state index contributed by atoms with van der Waals surface area (Å²) in [6.45, 7) is 1.90. The molecule has 0 atom stereocenters. The molecule has 19 heavy (non-hydrogen) atoms. The molecule has 0 spiro atoms. The Morgan fingerprint density at radius 1 is 1.42 bits per heavy atom. The van der Waals surface area contributed by atoms with Gasteiger partial charge in [0.15, 0.2) is 0 Å². The average Bonchev–Trinajstić information content (AvgIpc) is 2.38. The summed E-state index contributed by atoms with van der Waals surface area (Å²) in [6, 6.07) is 5.37. The fourth-order valence-electron chi connectivity index (χ4n) is 1.29. The molecule has 0 unspecified atom stereocenters. The maximum atomic E-state index is 11.6. The van der Waals surface area contributed by atoms with Gasteiger partial charge < -0.3 is 10.1 Å². The van der Waals surface area contributed by atoms with Crippen molar-refractivity contribution in [2.24, 2.45) is 0 Å². The first kappa shape index (κ1) is 15.9. The molecule has 104 valence electrons. The number of carbonyl (C=O) groups is 2. The molecule has 0 radical (unpaired) electrons. The molecule has 0 saturated carbocycles. The van der Waals surface area contributed by atoms with Gasteiger partial charge in [0.25, 0.3) is 0 Å². The van der Waals surface area contributed by atoms with Crippen LogP contribution < -0.4 is 5.32 Å². The van der Waals surface area contributed by atoms with E-state index < -0.39 is 0 Å². The normalized spacial score (nSPS) is 10.1. The van der Waals surface area contributed by atoms with Crippen molar-refractivity contribution in [1.29, 1.82) is 0 Å². The predicted octanol–water partition coefficient (Wildman–Crippen LogP) is 2.88. The Kier molecular flexibility index (Phi) is 6.73. The van der Waals surface area contributed by atoms with Crippen LogP contribution in [0.3, 0.4) is 0 Å². The number of aryl methyl sites for hydroxylation is 1. The van der Waals surface area contributed by atoms with Gasteiger partial charge in [0, 0.05) is 16.5 Å². The van der Waals surface area contributed by atoms with E-state index in [-0.39, 0.29) is 11.9 Å². The van der Waals surface area contributed by atoms with Crippen molar-refractivity contribution < 1.29 is 14.3 Å². The van der Waals surface area contributed by atoms with E-state index in [1.807, 2.05) is 13.0 Å². The van der Waals surface area contributed by atoms with E-state index in [9.17, 15) is 9.59 Å². The third-order valence-corrected chi connectivity index (χ3v) is 3.73. The van der Waals surface area contributed by atoms with E-state index in [0.29, 0.717) is 28.6 Å². The first-order chi connectivity index (χ1) is 9.02. The maximum Gasteiger partial charge on any atom is 0.306 e. The number of hydrogen-bond donors (Lipinski definition) is 1. The Bertz CT molecular complexity index is 465. The number of thioether (sulfide) groups is 1. The van der Waals surface area contributed by atoms with Gasteiger partial charge in [-0.05, 0) is 24.6 Å². The lowest BCUT2D eigenvalue weighted by molar-refractivity contribution is -0.140. The molecule has 1 aromatic rings. The quantitative estimate of drug-likeness (QED) is 0.648. The number of anilines is 1. The molecule has 0 aliphatic carbocycles. The molecule has 1 N–H and O–H groups in total. The molecule has 0 aromatic heterocycles. The summed E-state index contributed by atoms with van der Waals surface area (Å²) in [5, 5.41) is 3.37. The molecule has 1 aromatic carbocycles. The minimum atomic E-state index is -0.266. The van der Waals surface area contributed by atoms with E-state index in [1.165, 1.54) is 18.9 Å². The molecule has 1 amide bonds. The minimum Gasteiger partial charge on any atom is -0.469 e. The van der Waals surface area contributed by atoms with Crippen LogP contribution in [0.25, 0.3) is 0 Å². The van der Waals surface area contributed by atoms with Crippen LogP contribution in [0.2, 0.25) is 5.02 Å². The van der Waals surface area contributed by atoms with Crippen molar-refractivity contribution in [2.45, 2.75) is 13.3 Å². The zero-order valence-corrected chi connectivity index (χ0v) is 12.4. The van der Waals surface area contributed by atoms with Gasteiger partial charge in [-0.3, -0.25) is 9.59 Å².